The molecule has 18 heavy (non-hydrogen) atoms. The molecule has 92 valence electrons. The van der Waals surface area contributed by atoms with Crippen LogP contribution in [0.1, 0.15) is 11.1 Å². The average molecular weight is 321 g/mol. The first-order valence-corrected chi connectivity index (χ1v) is 7.06. The minimum atomic E-state index is 0.0902. The Hall–Kier alpha value is -1.26. The highest BCUT2D eigenvalue weighted by Crippen LogP contribution is 2.33. The number of halogens is 1. The zero-order valence-corrected chi connectivity index (χ0v) is 12.3. The van der Waals surface area contributed by atoms with Gasteiger partial charge in [-0.1, -0.05) is 45.9 Å². The van der Waals surface area contributed by atoms with E-state index in [-0.39, 0.29) is 5.84 Å². The van der Waals surface area contributed by atoms with Crippen LogP contribution in [0.15, 0.2) is 56.7 Å². The number of aryl methyl sites for hydroxylation is 1. The predicted octanol–water partition coefficient (Wildman–Crippen LogP) is 4.19. The van der Waals surface area contributed by atoms with Gasteiger partial charge in [-0.25, -0.2) is 0 Å². The molecule has 2 nitrogen and oxygen atoms in total. The summed E-state index contributed by atoms with van der Waals surface area (Å²) in [6.07, 6.45) is 0. The highest BCUT2D eigenvalue weighted by molar-refractivity contribution is 9.10. The first-order chi connectivity index (χ1) is 8.58. The standard InChI is InChI=1S/C14H13BrN2S/c1-9-4-2-3-5-12(9)18-13-7-6-10(15)8-11(13)14(16)17/h2-8H,1H3,(H3,16,17). The van der Waals surface area contributed by atoms with E-state index in [4.69, 9.17) is 11.1 Å². The maximum atomic E-state index is 7.64. The molecule has 0 atom stereocenters. The molecule has 0 amide bonds. The van der Waals surface area contributed by atoms with Gasteiger partial charge in [0, 0.05) is 19.8 Å². The number of nitrogens with one attached hydrogen (secondary N) is 1. The molecular weight excluding hydrogens is 308 g/mol. The third-order valence-corrected chi connectivity index (χ3v) is 4.29. The van der Waals surface area contributed by atoms with E-state index in [1.807, 2.05) is 30.3 Å². The molecule has 0 aliphatic rings. The van der Waals surface area contributed by atoms with E-state index in [1.165, 1.54) is 10.5 Å². The highest BCUT2D eigenvalue weighted by Gasteiger charge is 2.09. The number of hydrogen-bond acceptors (Lipinski definition) is 2. The molecule has 0 spiro atoms. The Labute approximate surface area is 119 Å². The van der Waals surface area contributed by atoms with Gasteiger partial charge in [-0.3, -0.25) is 5.41 Å². The van der Waals surface area contributed by atoms with Crippen LogP contribution in [0, 0.1) is 12.3 Å². The van der Waals surface area contributed by atoms with Crippen molar-refractivity contribution < 1.29 is 0 Å². The Morgan fingerprint density at radius 2 is 1.89 bits per heavy atom. The summed E-state index contributed by atoms with van der Waals surface area (Å²) in [5, 5.41) is 7.64. The Balaban J connectivity index is 2.41. The maximum absolute atomic E-state index is 7.64. The van der Waals surface area contributed by atoms with Gasteiger partial charge in [-0.15, -0.1) is 0 Å². The van der Waals surface area contributed by atoms with Crippen LogP contribution in [0.2, 0.25) is 0 Å². The van der Waals surface area contributed by atoms with Crippen LogP contribution in [0.5, 0.6) is 0 Å². The summed E-state index contributed by atoms with van der Waals surface area (Å²) < 4.78 is 0.932. The van der Waals surface area contributed by atoms with Crippen molar-refractivity contribution in [2.45, 2.75) is 16.7 Å². The Morgan fingerprint density at radius 1 is 1.17 bits per heavy atom. The summed E-state index contributed by atoms with van der Waals surface area (Å²) in [6.45, 7) is 2.08. The van der Waals surface area contributed by atoms with Gasteiger partial charge in [-0.05, 0) is 36.8 Å². The number of amidine groups is 1. The van der Waals surface area contributed by atoms with E-state index in [0.29, 0.717) is 0 Å². The summed E-state index contributed by atoms with van der Waals surface area (Å²) in [4.78, 5) is 2.18. The topological polar surface area (TPSA) is 49.9 Å². The summed E-state index contributed by atoms with van der Waals surface area (Å²) in [6, 6.07) is 14.0. The lowest BCUT2D eigenvalue weighted by molar-refractivity contribution is 1.28. The summed E-state index contributed by atoms with van der Waals surface area (Å²) in [7, 11) is 0. The molecule has 3 N–H and O–H groups in total. The minimum absolute atomic E-state index is 0.0902. The first-order valence-electron chi connectivity index (χ1n) is 5.45. The van der Waals surface area contributed by atoms with Crippen LogP contribution in [0.4, 0.5) is 0 Å². The van der Waals surface area contributed by atoms with Crippen molar-refractivity contribution in [3.8, 4) is 0 Å². The number of benzene rings is 2. The summed E-state index contributed by atoms with van der Waals surface area (Å²) in [5.74, 6) is 0.0902. The molecule has 0 radical (unpaired) electrons. The van der Waals surface area contributed by atoms with E-state index < -0.39 is 0 Å². The molecule has 4 heteroatoms. The van der Waals surface area contributed by atoms with Crippen molar-refractivity contribution in [1.29, 1.82) is 5.41 Å². The molecule has 2 aromatic rings. The lowest BCUT2D eigenvalue weighted by Gasteiger charge is -2.10. The van der Waals surface area contributed by atoms with Crippen LogP contribution in [0.3, 0.4) is 0 Å². The lowest BCUT2D eigenvalue weighted by atomic mass is 10.2. The fourth-order valence-corrected chi connectivity index (χ4v) is 2.98. The monoisotopic (exact) mass is 320 g/mol. The second kappa shape index (κ2) is 5.59. The van der Waals surface area contributed by atoms with Gasteiger partial charge in [0.25, 0.3) is 0 Å². The minimum Gasteiger partial charge on any atom is -0.384 e. The molecule has 0 heterocycles. The number of rotatable bonds is 3. The van der Waals surface area contributed by atoms with Crippen molar-refractivity contribution in [3.63, 3.8) is 0 Å². The van der Waals surface area contributed by atoms with E-state index in [0.717, 1.165) is 14.9 Å². The number of nitrogens with two attached hydrogens (primary N) is 1. The highest BCUT2D eigenvalue weighted by atomic mass is 79.9. The molecule has 2 aromatic carbocycles. The van der Waals surface area contributed by atoms with Crippen LogP contribution >= 0.6 is 27.7 Å². The van der Waals surface area contributed by atoms with Gasteiger partial charge in [0.05, 0.1) is 0 Å². The van der Waals surface area contributed by atoms with Gasteiger partial charge in [0.1, 0.15) is 5.84 Å². The molecule has 2 rings (SSSR count). The zero-order chi connectivity index (χ0) is 13.1. The number of hydrogen-bond donors (Lipinski definition) is 2. The van der Waals surface area contributed by atoms with Gasteiger partial charge in [-0.2, -0.15) is 0 Å². The van der Waals surface area contributed by atoms with Crippen molar-refractivity contribution in [2.75, 3.05) is 0 Å². The smallest absolute Gasteiger partial charge is 0.123 e. The molecule has 0 aliphatic carbocycles. The summed E-state index contributed by atoms with van der Waals surface area (Å²) >= 11 is 5.04. The fraction of sp³-hybridized carbons (Fsp3) is 0.0714. The first kappa shape index (κ1) is 13.2. The van der Waals surface area contributed by atoms with E-state index >= 15 is 0 Å². The van der Waals surface area contributed by atoms with Crippen LogP contribution in [0.25, 0.3) is 0 Å². The maximum Gasteiger partial charge on any atom is 0.123 e. The van der Waals surface area contributed by atoms with Crippen molar-refractivity contribution >= 4 is 33.5 Å². The Kier molecular flexibility index (Phi) is 4.09. The molecular formula is C14H13BrN2S. The van der Waals surface area contributed by atoms with Gasteiger partial charge in [0.2, 0.25) is 0 Å². The molecule has 0 saturated heterocycles. The zero-order valence-electron chi connectivity index (χ0n) is 9.91. The van der Waals surface area contributed by atoms with Crippen molar-refractivity contribution in [3.05, 3.63) is 58.1 Å². The van der Waals surface area contributed by atoms with Crippen molar-refractivity contribution in [1.82, 2.24) is 0 Å². The lowest BCUT2D eigenvalue weighted by Crippen LogP contribution is -2.12. The van der Waals surface area contributed by atoms with Gasteiger partial charge in [0.15, 0.2) is 0 Å². The van der Waals surface area contributed by atoms with Crippen molar-refractivity contribution in [2.24, 2.45) is 5.73 Å². The van der Waals surface area contributed by atoms with Crippen LogP contribution < -0.4 is 5.73 Å². The predicted molar refractivity (Wildman–Crippen MR) is 80.5 cm³/mol. The quantitative estimate of drug-likeness (QED) is 0.658. The van der Waals surface area contributed by atoms with E-state index in [2.05, 4.69) is 35.0 Å². The Bertz CT molecular complexity index is 596. The molecule has 0 unspecified atom stereocenters. The molecule has 0 aromatic heterocycles. The molecule has 0 bridgehead atoms. The molecule has 0 fully saturated rings. The Morgan fingerprint density at radius 3 is 2.56 bits per heavy atom. The largest absolute Gasteiger partial charge is 0.384 e. The van der Waals surface area contributed by atoms with Gasteiger partial charge >= 0.3 is 0 Å². The van der Waals surface area contributed by atoms with Crippen LogP contribution in [-0.4, -0.2) is 5.84 Å². The second-order valence-corrected chi connectivity index (χ2v) is 5.92. The van der Waals surface area contributed by atoms with Gasteiger partial charge < -0.3 is 5.73 Å². The average Bonchev–Trinajstić information content (AvgIpc) is 2.34. The fourth-order valence-electron chi connectivity index (χ4n) is 1.59. The van der Waals surface area contributed by atoms with Crippen LogP contribution in [-0.2, 0) is 0 Å². The third kappa shape index (κ3) is 2.94. The third-order valence-electron chi connectivity index (χ3n) is 2.55. The van der Waals surface area contributed by atoms with E-state index in [1.54, 1.807) is 11.8 Å². The second-order valence-electron chi connectivity index (χ2n) is 3.92. The molecule has 0 aliphatic heterocycles. The van der Waals surface area contributed by atoms with E-state index in [9.17, 15) is 0 Å². The summed E-state index contributed by atoms with van der Waals surface area (Å²) in [5.41, 5.74) is 7.61. The normalized spacial score (nSPS) is 10.3. The SMILES string of the molecule is Cc1ccccc1Sc1ccc(Br)cc1C(=N)N. The number of nitrogen functional groups attached to an aromatic ring is 1. The molecule has 0 saturated carbocycles.